The Labute approximate surface area is 234 Å². The molecule has 41 heavy (non-hydrogen) atoms. The van der Waals surface area contributed by atoms with E-state index in [1.807, 2.05) is 0 Å². The van der Waals surface area contributed by atoms with Gasteiger partial charge in [0.05, 0.1) is 31.7 Å². The average molecular weight is 565 g/mol. The monoisotopic (exact) mass is 564 g/mol. The summed E-state index contributed by atoms with van der Waals surface area (Å²) in [5, 5.41) is 22.7. The van der Waals surface area contributed by atoms with Gasteiger partial charge in [0.25, 0.3) is 0 Å². The molecular weight excluding hydrogens is 536 g/mol. The lowest BCUT2D eigenvalue weighted by Gasteiger charge is -2.54. The number of likely N-dealkylation sites (N-methyl/N-ethyl adjacent to an activating group) is 1. The van der Waals surface area contributed by atoms with Gasteiger partial charge in [-0.05, 0) is 44.3 Å². The molecule has 0 spiro atoms. The van der Waals surface area contributed by atoms with Crippen molar-refractivity contribution in [2.75, 3.05) is 28.3 Å². The summed E-state index contributed by atoms with van der Waals surface area (Å²) in [5.41, 5.74) is 3.89. The van der Waals surface area contributed by atoms with Crippen LogP contribution in [-0.4, -0.2) is 84.1 Å². The average Bonchev–Trinajstić information content (AvgIpc) is 2.92. The summed E-state index contributed by atoms with van der Waals surface area (Å²) in [6.07, 6.45) is -1.16. The van der Waals surface area contributed by atoms with Gasteiger partial charge in [0, 0.05) is 23.0 Å². The molecule has 6 rings (SSSR count). The third-order valence-corrected chi connectivity index (χ3v) is 9.05. The van der Waals surface area contributed by atoms with Crippen molar-refractivity contribution in [3.8, 4) is 34.1 Å². The number of ketones is 4. The Kier molecular flexibility index (Phi) is 5.81. The van der Waals surface area contributed by atoms with E-state index in [0.717, 1.165) is 0 Å². The molecule has 2 fully saturated rings. The van der Waals surface area contributed by atoms with Gasteiger partial charge < -0.3 is 30.2 Å². The van der Waals surface area contributed by atoms with Crippen molar-refractivity contribution in [3.63, 3.8) is 0 Å². The van der Waals surface area contributed by atoms with E-state index in [2.05, 4.69) is 0 Å². The van der Waals surface area contributed by atoms with E-state index < -0.39 is 76.2 Å². The number of ether oxygens (including phenoxy) is 3. The summed E-state index contributed by atoms with van der Waals surface area (Å²) < 4.78 is 17.5. The second-order valence-corrected chi connectivity index (χ2v) is 11.1. The normalized spacial score (nSPS) is 31.5. The SMILES string of the molecule is COc1ccc2c(c1OC)OC1c3c-2ccc(O)c3C(=O)C2C(=O)C3(O)C(=O)C(C(N)=O)C(=O)C(N(C)C)C3CC21. The number of phenolic OH excluding ortho intramolecular Hbond substituents is 1. The Morgan fingerprint density at radius 3 is 2.34 bits per heavy atom. The van der Waals surface area contributed by atoms with Gasteiger partial charge in [-0.2, -0.15) is 0 Å². The number of aromatic hydroxyl groups is 1. The fraction of sp³-hybridized carbons (Fsp3) is 0.414. The number of aliphatic hydroxyl groups is 1. The molecule has 1 amide bonds. The number of nitrogens with two attached hydrogens (primary N) is 1. The molecule has 0 aromatic heterocycles. The van der Waals surface area contributed by atoms with Gasteiger partial charge in [0.1, 0.15) is 11.9 Å². The fourth-order valence-electron chi connectivity index (χ4n) is 7.36. The molecule has 2 aromatic carbocycles. The van der Waals surface area contributed by atoms with Crippen LogP contribution >= 0.6 is 0 Å². The number of hydrogen-bond acceptors (Lipinski definition) is 11. The second-order valence-electron chi connectivity index (χ2n) is 11.1. The summed E-state index contributed by atoms with van der Waals surface area (Å²) in [4.78, 5) is 68.7. The molecule has 7 unspecified atom stereocenters. The van der Waals surface area contributed by atoms with Gasteiger partial charge in [-0.15, -0.1) is 0 Å². The van der Waals surface area contributed by atoms with E-state index >= 15 is 0 Å². The number of rotatable bonds is 4. The Morgan fingerprint density at radius 2 is 1.73 bits per heavy atom. The minimum atomic E-state index is -2.84. The van der Waals surface area contributed by atoms with Crippen LogP contribution < -0.4 is 19.9 Å². The van der Waals surface area contributed by atoms with Crippen LogP contribution in [0.25, 0.3) is 11.1 Å². The van der Waals surface area contributed by atoms with Gasteiger partial charge in [-0.3, -0.25) is 28.9 Å². The molecule has 1 heterocycles. The van der Waals surface area contributed by atoms with Crippen molar-refractivity contribution in [2.45, 2.75) is 24.2 Å². The summed E-state index contributed by atoms with van der Waals surface area (Å²) in [7, 11) is 5.95. The number of primary amides is 1. The van der Waals surface area contributed by atoms with Crippen molar-refractivity contribution in [2.24, 2.45) is 29.4 Å². The summed E-state index contributed by atoms with van der Waals surface area (Å²) >= 11 is 0. The number of methoxy groups -OCH3 is 2. The van der Waals surface area contributed by atoms with E-state index in [4.69, 9.17) is 19.9 Å². The molecule has 4 aliphatic rings. The molecule has 0 saturated heterocycles. The highest BCUT2D eigenvalue weighted by Gasteiger charge is 2.70. The molecule has 214 valence electrons. The highest BCUT2D eigenvalue weighted by molar-refractivity contribution is 6.32. The van der Waals surface area contributed by atoms with Crippen molar-refractivity contribution >= 4 is 29.0 Å². The third kappa shape index (κ3) is 3.25. The zero-order valence-corrected chi connectivity index (χ0v) is 22.7. The van der Waals surface area contributed by atoms with Crippen LogP contribution in [0.15, 0.2) is 24.3 Å². The number of fused-ring (bicyclic) bond motifs is 5. The van der Waals surface area contributed by atoms with Crippen molar-refractivity contribution in [1.82, 2.24) is 4.90 Å². The van der Waals surface area contributed by atoms with E-state index in [1.165, 1.54) is 39.3 Å². The van der Waals surface area contributed by atoms with Gasteiger partial charge in [-0.1, -0.05) is 6.07 Å². The molecule has 1 aliphatic heterocycles. The van der Waals surface area contributed by atoms with E-state index in [-0.39, 0.29) is 23.5 Å². The zero-order chi connectivity index (χ0) is 29.7. The van der Waals surface area contributed by atoms with Crippen LogP contribution in [0.3, 0.4) is 0 Å². The quantitative estimate of drug-likeness (QED) is 0.438. The maximum absolute atomic E-state index is 14.2. The predicted molar refractivity (Wildman–Crippen MR) is 140 cm³/mol. The Hall–Kier alpha value is -4.29. The largest absolute Gasteiger partial charge is 0.507 e. The third-order valence-electron chi connectivity index (χ3n) is 9.05. The number of carbonyl (C=O) groups excluding carboxylic acids is 5. The topological polar surface area (TPSA) is 183 Å². The lowest BCUT2D eigenvalue weighted by molar-refractivity contribution is -0.183. The molecule has 2 saturated carbocycles. The first kappa shape index (κ1) is 26.9. The fourth-order valence-corrected chi connectivity index (χ4v) is 7.36. The molecule has 0 radical (unpaired) electrons. The number of phenols is 1. The lowest BCUT2D eigenvalue weighted by Crippen LogP contribution is -2.74. The van der Waals surface area contributed by atoms with Crippen LogP contribution in [0, 0.1) is 23.7 Å². The van der Waals surface area contributed by atoms with Gasteiger partial charge >= 0.3 is 0 Å². The molecule has 3 aliphatic carbocycles. The molecule has 7 atom stereocenters. The minimum Gasteiger partial charge on any atom is -0.507 e. The molecule has 12 nitrogen and oxygen atoms in total. The lowest BCUT2D eigenvalue weighted by atomic mass is 9.51. The Bertz CT molecular complexity index is 1580. The first-order chi connectivity index (χ1) is 19.4. The zero-order valence-electron chi connectivity index (χ0n) is 22.7. The summed E-state index contributed by atoms with van der Waals surface area (Å²) in [5.74, 6) is -10.7. The molecule has 12 heteroatoms. The van der Waals surface area contributed by atoms with Gasteiger partial charge in [-0.25, -0.2) is 0 Å². The standard InChI is InChI=1S/C29H28N2O10/c1-31(2)20-13-9-12-17(26(35)29(13,38)27(36)19(22(20)34)28(30)37)21(33)18-14(32)7-5-10-11-6-8-15(39-3)25(40-4)24(11)41-23(12)16(10)18/h5-8,12-13,17,19-20,23,32,38H,9H2,1-4H3,(H2,30,37). The first-order valence-corrected chi connectivity index (χ1v) is 13.0. The number of hydrogen-bond donors (Lipinski definition) is 3. The molecule has 2 aromatic rings. The van der Waals surface area contributed by atoms with Crippen LogP contribution in [0.5, 0.6) is 23.0 Å². The number of nitrogens with zero attached hydrogens (tertiary/aromatic N) is 1. The smallest absolute Gasteiger partial charge is 0.235 e. The van der Waals surface area contributed by atoms with Crippen LogP contribution in [0.1, 0.15) is 28.4 Å². The number of amides is 1. The summed E-state index contributed by atoms with van der Waals surface area (Å²) in [6, 6.07) is 5.14. The van der Waals surface area contributed by atoms with E-state index in [0.29, 0.717) is 22.4 Å². The molecule has 0 bridgehead atoms. The molecule has 4 N–H and O–H groups in total. The van der Waals surface area contributed by atoms with Crippen LogP contribution in [-0.2, 0) is 19.2 Å². The summed E-state index contributed by atoms with van der Waals surface area (Å²) in [6.45, 7) is 0. The Morgan fingerprint density at radius 1 is 1.05 bits per heavy atom. The number of Topliss-reactive ketones (excluding diaryl/α,β-unsaturated/α-hetero) is 4. The predicted octanol–water partition coefficient (Wildman–Crippen LogP) is 0.442. The van der Waals surface area contributed by atoms with Crippen LogP contribution in [0.4, 0.5) is 0 Å². The molecular formula is C29H28N2O10. The number of carbonyl (C=O) groups is 5. The Balaban J connectivity index is 1.58. The minimum absolute atomic E-state index is 0.153. The maximum atomic E-state index is 14.2. The van der Waals surface area contributed by atoms with Crippen molar-refractivity contribution < 1.29 is 48.4 Å². The van der Waals surface area contributed by atoms with Gasteiger partial charge in [0.15, 0.2) is 46.2 Å². The first-order valence-electron chi connectivity index (χ1n) is 13.0. The van der Waals surface area contributed by atoms with Crippen molar-refractivity contribution in [1.29, 1.82) is 0 Å². The van der Waals surface area contributed by atoms with E-state index in [9.17, 15) is 34.2 Å². The maximum Gasteiger partial charge on any atom is 0.235 e. The highest BCUT2D eigenvalue weighted by atomic mass is 16.5. The van der Waals surface area contributed by atoms with Crippen LogP contribution in [0.2, 0.25) is 0 Å². The highest BCUT2D eigenvalue weighted by Crippen LogP contribution is 2.60. The van der Waals surface area contributed by atoms with Crippen molar-refractivity contribution in [3.05, 3.63) is 35.4 Å². The number of benzene rings is 2. The second kappa shape index (κ2) is 8.85. The van der Waals surface area contributed by atoms with E-state index in [1.54, 1.807) is 18.2 Å². The van der Waals surface area contributed by atoms with Gasteiger partial charge in [0.2, 0.25) is 11.7 Å².